The molecular weight excluding hydrogens is 408 g/mol. The van der Waals surface area contributed by atoms with E-state index < -0.39 is 6.10 Å². The van der Waals surface area contributed by atoms with Crippen molar-refractivity contribution in [3.05, 3.63) is 59.7 Å². The average molecular weight is 443 g/mol. The van der Waals surface area contributed by atoms with Crippen LogP contribution in [-0.2, 0) is 20.7 Å². The van der Waals surface area contributed by atoms with Crippen LogP contribution in [0, 0.1) is 0 Å². The van der Waals surface area contributed by atoms with Crippen LogP contribution in [0.5, 0.6) is 17.2 Å². The summed E-state index contributed by atoms with van der Waals surface area (Å²) in [6.45, 7) is 9.97. The summed E-state index contributed by atoms with van der Waals surface area (Å²) in [5.74, 6) is 1.98. The van der Waals surface area contributed by atoms with Crippen LogP contribution < -0.4 is 14.2 Å². The number of carbonyl (C=O) groups excluding carboxylic acids is 1. The van der Waals surface area contributed by atoms with Crippen molar-refractivity contribution in [3.8, 4) is 17.2 Å². The number of esters is 1. The molecule has 0 N–H and O–H groups in total. The highest BCUT2D eigenvalue weighted by atomic mass is 16.6. The Hall–Kier alpha value is -2.99. The maximum absolute atomic E-state index is 12.0. The smallest absolute Gasteiger partial charge is 0.335 e. The van der Waals surface area contributed by atoms with Gasteiger partial charge in [0.2, 0.25) is 0 Å². The summed E-state index contributed by atoms with van der Waals surface area (Å²) in [5.41, 5.74) is 1.97. The normalized spacial score (nSPS) is 11.9. The molecule has 1 unspecified atom stereocenters. The van der Waals surface area contributed by atoms with E-state index in [2.05, 4.69) is 0 Å². The number of benzene rings is 2. The zero-order valence-electron chi connectivity index (χ0n) is 19.5. The minimum absolute atomic E-state index is 0.333. The van der Waals surface area contributed by atoms with Crippen LogP contribution in [-0.4, -0.2) is 45.1 Å². The summed E-state index contributed by atoms with van der Waals surface area (Å²) in [6.07, 6.45) is 3.79. The Morgan fingerprint density at radius 2 is 1.47 bits per heavy atom. The van der Waals surface area contributed by atoms with E-state index >= 15 is 0 Å². The van der Waals surface area contributed by atoms with E-state index in [-0.39, 0.29) is 5.97 Å². The van der Waals surface area contributed by atoms with Crippen LogP contribution in [0.3, 0.4) is 0 Å². The fraction of sp³-hybridized carbons (Fsp3) is 0.423. The molecule has 0 aliphatic heterocycles. The molecule has 2 aromatic carbocycles. The van der Waals surface area contributed by atoms with Gasteiger partial charge < -0.3 is 23.7 Å². The van der Waals surface area contributed by atoms with Gasteiger partial charge in [0.25, 0.3) is 0 Å². The number of ether oxygens (including phenoxy) is 5. The van der Waals surface area contributed by atoms with Gasteiger partial charge in [-0.1, -0.05) is 18.2 Å². The molecule has 0 aromatic heterocycles. The third kappa shape index (κ3) is 8.63. The van der Waals surface area contributed by atoms with E-state index in [0.29, 0.717) is 39.5 Å². The molecule has 2 aromatic rings. The number of carbonyl (C=O) groups is 1. The van der Waals surface area contributed by atoms with Crippen LogP contribution in [0.4, 0.5) is 0 Å². The number of hydrogen-bond acceptors (Lipinski definition) is 6. The topological polar surface area (TPSA) is 63.2 Å². The predicted octanol–water partition coefficient (Wildman–Crippen LogP) is 5.09. The lowest BCUT2D eigenvalue weighted by Gasteiger charge is -2.15. The summed E-state index contributed by atoms with van der Waals surface area (Å²) < 4.78 is 27.6. The zero-order chi connectivity index (χ0) is 23.2. The van der Waals surface area contributed by atoms with Crippen molar-refractivity contribution in [1.82, 2.24) is 0 Å². The summed E-state index contributed by atoms with van der Waals surface area (Å²) in [6, 6.07) is 13.5. The van der Waals surface area contributed by atoms with Crippen molar-refractivity contribution in [3.63, 3.8) is 0 Å². The predicted molar refractivity (Wildman–Crippen MR) is 126 cm³/mol. The molecule has 0 saturated carbocycles. The van der Waals surface area contributed by atoms with E-state index in [4.69, 9.17) is 23.7 Å². The molecule has 0 radical (unpaired) electrons. The highest BCUT2D eigenvalue weighted by molar-refractivity contribution is 5.75. The van der Waals surface area contributed by atoms with Crippen LogP contribution in [0.2, 0.25) is 0 Å². The largest absolute Gasteiger partial charge is 0.494 e. The number of rotatable bonds is 14. The minimum atomic E-state index is -0.594. The van der Waals surface area contributed by atoms with Crippen molar-refractivity contribution in [2.45, 2.75) is 40.2 Å². The van der Waals surface area contributed by atoms with Gasteiger partial charge in [-0.3, -0.25) is 0 Å². The molecule has 2 rings (SSSR count). The van der Waals surface area contributed by atoms with E-state index in [1.54, 1.807) is 6.92 Å². The van der Waals surface area contributed by atoms with Gasteiger partial charge in [0.1, 0.15) is 23.9 Å². The van der Waals surface area contributed by atoms with Crippen molar-refractivity contribution >= 4 is 12.0 Å². The third-order valence-electron chi connectivity index (χ3n) is 4.44. The Morgan fingerprint density at radius 1 is 0.812 bits per heavy atom. The Kier molecular flexibility index (Phi) is 11.2. The Balaban J connectivity index is 1.92. The summed E-state index contributed by atoms with van der Waals surface area (Å²) in [4.78, 5) is 12.0. The van der Waals surface area contributed by atoms with Crippen LogP contribution >= 0.6 is 0 Å². The average Bonchev–Trinajstić information content (AvgIpc) is 2.78. The molecule has 0 aliphatic rings. The van der Waals surface area contributed by atoms with E-state index in [9.17, 15) is 4.79 Å². The quantitative estimate of drug-likeness (QED) is 0.380. The first-order chi connectivity index (χ1) is 15.6. The minimum Gasteiger partial charge on any atom is -0.494 e. The fourth-order valence-corrected chi connectivity index (χ4v) is 3.10. The van der Waals surface area contributed by atoms with Gasteiger partial charge in [0.15, 0.2) is 6.10 Å². The highest BCUT2D eigenvalue weighted by Gasteiger charge is 2.20. The summed E-state index contributed by atoms with van der Waals surface area (Å²) in [7, 11) is 0. The molecule has 0 spiro atoms. The Bertz CT molecular complexity index is 820. The summed E-state index contributed by atoms with van der Waals surface area (Å²) in [5, 5.41) is 0. The van der Waals surface area contributed by atoms with Crippen LogP contribution in [0.15, 0.2) is 48.5 Å². The fourth-order valence-electron chi connectivity index (χ4n) is 3.10. The molecule has 6 heteroatoms. The lowest BCUT2D eigenvalue weighted by molar-refractivity contribution is -0.156. The van der Waals surface area contributed by atoms with Crippen LogP contribution in [0.25, 0.3) is 6.08 Å². The molecule has 0 aliphatic carbocycles. The monoisotopic (exact) mass is 442 g/mol. The lowest BCUT2D eigenvalue weighted by atomic mass is 10.1. The molecule has 6 nitrogen and oxygen atoms in total. The van der Waals surface area contributed by atoms with Crippen LogP contribution in [0.1, 0.15) is 38.8 Å². The first-order valence-corrected chi connectivity index (χ1v) is 11.2. The molecule has 0 bridgehead atoms. The van der Waals surface area contributed by atoms with Crippen molar-refractivity contribution in [2.24, 2.45) is 0 Å². The second-order valence-electron chi connectivity index (χ2n) is 6.86. The van der Waals surface area contributed by atoms with Gasteiger partial charge in [-0.25, -0.2) is 4.79 Å². The molecule has 0 fully saturated rings. The molecule has 174 valence electrons. The van der Waals surface area contributed by atoms with E-state index in [0.717, 1.165) is 28.4 Å². The Labute approximate surface area is 191 Å². The molecular formula is C26H34O6. The zero-order valence-corrected chi connectivity index (χ0v) is 19.5. The van der Waals surface area contributed by atoms with E-state index in [1.807, 2.05) is 75.4 Å². The molecule has 0 amide bonds. The first kappa shape index (κ1) is 25.3. The number of hydrogen-bond donors (Lipinski definition) is 0. The molecule has 0 heterocycles. The Morgan fingerprint density at radius 3 is 2.03 bits per heavy atom. The maximum atomic E-state index is 12.0. The standard InChI is InChI=1S/C26H34O6/c1-5-28-23-16-21(17-24(19-23)29-6-2)10-9-15-32-22-13-11-20(12-14-22)18-25(30-7-3)26(27)31-8-4/h9-14,16-17,19,25H,5-8,15,18H2,1-4H3/b10-9+. The van der Waals surface area contributed by atoms with Gasteiger partial charge in [0, 0.05) is 19.1 Å². The lowest BCUT2D eigenvalue weighted by Crippen LogP contribution is -2.28. The van der Waals surface area contributed by atoms with Gasteiger partial charge in [-0.2, -0.15) is 0 Å². The second-order valence-corrected chi connectivity index (χ2v) is 6.86. The van der Waals surface area contributed by atoms with E-state index in [1.165, 1.54) is 0 Å². The molecule has 32 heavy (non-hydrogen) atoms. The maximum Gasteiger partial charge on any atom is 0.335 e. The SMILES string of the molecule is CCOC(=O)C(Cc1ccc(OC/C=C/c2cc(OCC)cc(OCC)c2)cc1)OCC. The van der Waals surface area contributed by atoms with Crippen molar-refractivity contribution < 1.29 is 28.5 Å². The third-order valence-corrected chi connectivity index (χ3v) is 4.44. The highest BCUT2D eigenvalue weighted by Crippen LogP contribution is 2.24. The second kappa shape index (κ2) is 14.1. The van der Waals surface area contributed by atoms with Gasteiger partial charge >= 0.3 is 5.97 Å². The summed E-state index contributed by atoms with van der Waals surface area (Å²) >= 11 is 0. The van der Waals surface area contributed by atoms with Crippen molar-refractivity contribution in [1.29, 1.82) is 0 Å². The van der Waals surface area contributed by atoms with Gasteiger partial charge in [-0.05, 0) is 69.2 Å². The molecule has 0 saturated heterocycles. The van der Waals surface area contributed by atoms with Gasteiger partial charge in [0.05, 0.1) is 19.8 Å². The van der Waals surface area contributed by atoms with Crippen molar-refractivity contribution in [2.75, 3.05) is 33.0 Å². The molecule has 1 atom stereocenters. The first-order valence-electron chi connectivity index (χ1n) is 11.2. The van der Waals surface area contributed by atoms with Gasteiger partial charge in [-0.15, -0.1) is 0 Å².